The summed E-state index contributed by atoms with van der Waals surface area (Å²) in [4.78, 5) is 0. The highest BCUT2D eigenvalue weighted by atomic mass is 28.3. The Morgan fingerprint density at radius 3 is 1.24 bits per heavy atom. The summed E-state index contributed by atoms with van der Waals surface area (Å²) in [5.41, 5.74) is 12.9. The Morgan fingerprint density at radius 2 is 0.671 bits per heavy atom. The Kier molecular flexibility index (Phi) is 9.23. The Bertz CT molecular complexity index is 4130. The highest BCUT2D eigenvalue weighted by molar-refractivity contribution is 7.20. The van der Waals surface area contributed by atoms with Crippen molar-refractivity contribution < 1.29 is 0 Å². The first kappa shape index (κ1) is 40.1. The summed E-state index contributed by atoms with van der Waals surface area (Å²) in [6.45, 7) is 0. The molecule has 0 unspecified atom stereocenters. The Morgan fingerprint density at radius 1 is 0.257 bits per heavy atom. The van der Waals surface area contributed by atoms with Crippen molar-refractivity contribution in [2.45, 2.75) is 0 Å². The maximum atomic E-state index is 2.65. The summed E-state index contributed by atoms with van der Waals surface area (Å²) < 4.78 is 7.64. The number of nitrogens with zero attached hydrogens (tertiary/aromatic N) is 3. The number of benzene rings is 11. The molecule has 328 valence electrons. The lowest BCUT2D eigenvalue weighted by atomic mass is 10.1. The lowest BCUT2D eigenvalue weighted by Crippen LogP contribution is -2.75. The summed E-state index contributed by atoms with van der Waals surface area (Å²) in [6.07, 6.45) is 0. The van der Waals surface area contributed by atoms with Gasteiger partial charge in [0.1, 0.15) is 0 Å². The molecule has 0 saturated carbocycles. The molecule has 3 heterocycles. The predicted molar refractivity (Wildman–Crippen MR) is 299 cm³/mol. The number of para-hydroxylation sites is 4. The SMILES string of the molecule is c1ccc(-c2cccc(-n3c4ccccc4c4c(-n5c6ccccc6c6c(-n7c8ccccc8c8ccccc87)ccc([Si](c7ccccc7)(c7ccccc7)c7ccccc7)c65)cccc43)c2)cc1. The van der Waals surface area contributed by atoms with Crippen molar-refractivity contribution >= 4 is 94.2 Å². The van der Waals surface area contributed by atoms with Gasteiger partial charge in [-0.25, -0.2) is 0 Å². The van der Waals surface area contributed by atoms with E-state index < -0.39 is 8.07 Å². The van der Waals surface area contributed by atoms with Crippen LogP contribution < -0.4 is 20.7 Å². The van der Waals surface area contributed by atoms with Crippen molar-refractivity contribution in [1.82, 2.24) is 13.7 Å². The molecule has 11 aromatic carbocycles. The van der Waals surface area contributed by atoms with Crippen LogP contribution >= 0.6 is 0 Å². The van der Waals surface area contributed by atoms with Crippen LogP contribution in [-0.4, -0.2) is 21.8 Å². The lowest BCUT2D eigenvalue weighted by Gasteiger charge is -2.35. The van der Waals surface area contributed by atoms with Gasteiger partial charge in [0.05, 0.1) is 44.5 Å². The third kappa shape index (κ3) is 5.87. The normalized spacial score (nSPS) is 12.0. The van der Waals surface area contributed by atoms with Crippen molar-refractivity contribution in [2.75, 3.05) is 0 Å². The molecule has 0 saturated heterocycles. The van der Waals surface area contributed by atoms with Crippen molar-refractivity contribution in [3.63, 3.8) is 0 Å². The summed E-state index contributed by atoms with van der Waals surface area (Å²) in [6, 6.07) is 102. The fourth-order valence-corrected chi connectivity index (χ4v) is 16.9. The van der Waals surface area contributed by atoms with Crippen molar-refractivity contribution in [2.24, 2.45) is 0 Å². The van der Waals surface area contributed by atoms with Gasteiger partial charge >= 0.3 is 0 Å². The first-order valence-corrected chi connectivity index (χ1v) is 26.2. The van der Waals surface area contributed by atoms with Crippen LogP contribution in [0.2, 0.25) is 0 Å². The molecule has 70 heavy (non-hydrogen) atoms. The molecule has 0 N–H and O–H groups in total. The highest BCUT2D eigenvalue weighted by Crippen LogP contribution is 2.43. The van der Waals surface area contributed by atoms with Crippen LogP contribution in [0.3, 0.4) is 0 Å². The molecule has 0 atom stereocenters. The molecule has 4 heteroatoms. The number of fused-ring (bicyclic) bond motifs is 9. The summed E-state index contributed by atoms with van der Waals surface area (Å²) in [5, 5.41) is 12.7. The van der Waals surface area contributed by atoms with Crippen LogP contribution in [0.1, 0.15) is 0 Å². The molecular weight excluding hydrogens is 863 g/mol. The van der Waals surface area contributed by atoms with Crippen LogP contribution in [0.15, 0.2) is 273 Å². The number of aromatic nitrogens is 3. The van der Waals surface area contributed by atoms with Gasteiger partial charge in [-0.1, -0.05) is 218 Å². The molecule has 0 amide bonds. The minimum absolute atomic E-state index is 1.13. The second-order valence-corrected chi connectivity index (χ2v) is 22.1. The van der Waals surface area contributed by atoms with E-state index in [0.717, 1.165) is 22.6 Å². The molecule has 0 aliphatic carbocycles. The maximum Gasteiger partial charge on any atom is 0.181 e. The molecule has 0 bridgehead atoms. The average molecular weight is 908 g/mol. The van der Waals surface area contributed by atoms with Gasteiger partial charge in [-0.15, -0.1) is 0 Å². The van der Waals surface area contributed by atoms with Crippen molar-refractivity contribution in [3.8, 4) is 28.2 Å². The van der Waals surface area contributed by atoms with Gasteiger partial charge in [0.2, 0.25) is 0 Å². The Hall–Kier alpha value is -8.96. The maximum absolute atomic E-state index is 3.15. The van der Waals surface area contributed by atoms with Gasteiger partial charge in [-0.2, -0.15) is 0 Å². The average Bonchev–Trinajstić information content (AvgIpc) is 4.09. The smallest absolute Gasteiger partial charge is 0.181 e. The van der Waals surface area contributed by atoms with Gasteiger partial charge < -0.3 is 13.7 Å². The molecule has 0 fully saturated rings. The highest BCUT2D eigenvalue weighted by Gasteiger charge is 2.44. The number of rotatable bonds is 8. The fourth-order valence-electron chi connectivity index (χ4n) is 12.0. The topological polar surface area (TPSA) is 14.8 Å². The Balaban J connectivity index is 1.19. The third-order valence-corrected chi connectivity index (χ3v) is 19.6. The van der Waals surface area contributed by atoms with Crippen LogP contribution in [0.25, 0.3) is 93.6 Å². The first-order valence-electron chi connectivity index (χ1n) is 24.2. The van der Waals surface area contributed by atoms with Gasteiger partial charge in [-0.3, -0.25) is 0 Å². The van der Waals surface area contributed by atoms with E-state index in [1.807, 2.05) is 0 Å². The zero-order chi connectivity index (χ0) is 46.2. The van der Waals surface area contributed by atoms with Crippen LogP contribution in [0, 0.1) is 0 Å². The summed E-state index contributed by atoms with van der Waals surface area (Å²) in [5.74, 6) is 0. The largest absolute Gasteiger partial charge is 0.309 e. The van der Waals surface area contributed by atoms with Crippen LogP contribution in [0.5, 0.6) is 0 Å². The molecule has 3 nitrogen and oxygen atoms in total. The van der Waals surface area contributed by atoms with Crippen LogP contribution in [-0.2, 0) is 0 Å². The molecule has 14 rings (SSSR count). The lowest BCUT2D eigenvalue weighted by molar-refractivity contribution is 1.17. The van der Waals surface area contributed by atoms with E-state index in [-0.39, 0.29) is 0 Å². The first-order chi connectivity index (χ1) is 34.8. The fraction of sp³-hybridized carbons (Fsp3) is 0. The second kappa shape index (κ2) is 16.1. The monoisotopic (exact) mass is 907 g/mol. The molecule has 0 aliphatic rings. The molecule has 0 aliphatic heterocycles. The van der Waals surface area contributed by atoms with E-state index in [0.29, 0.717) is 0 Å². The van der Waals surface area contributed by atoms with Gasteiger partial charge in [0, 0.05) is 38.0 Å². The number of hydrogen-bond donors (Lipinski definition) is 0. The van der Waals surface area contributed by atoms with E-state index in [9.17, 15) is 0 Å². The second-order valence-electron chi connectivity index (χ2n) is 18.4. The predicted octanol–water partition coefficient (Wildman–Crippen LogP) is 14.0. The summed E-state index contributed by atoms with van der Waals surface area (Å²) >= 11 is 0. The van der Waals surface area contributed by atoms with E-state index in [1.54, 1.807) is 0 Å². The van der Waals surface area contributed by atoms with Crippen molar-refractivity contribution in [3.05, 3.63) is 273 Å². The molecular formula is C66H45N3Si. The molecule has 0 spiro atoms. The van der Waals surface area contributed by atoms with Gasteiger partial charge in [-0.05, 0) is 86.5 Å². The molecule has 0 radical (unpaired) electrons. The molecule has 3 aromatic heterocycles. The zero-order valence-electron chi connectivity index (χ0n) is 38.3. The van der Waals surface area contributed by atoms with E-state index in [1.165, 1.54) is 91.8 Å². The number of hydrogen-bond acceptors (Lipinski definition) is 0. The molecule has 14 aromatic rings. The van der Waals surface area contributed by atoms with Gasteiger partial charge in [0.25, 0.3) is 0 Å². The van der Waals surface area contributed by atoms with E-state index >= 15 is 0 Å². The Labute approximate surface area is 407 Å². The minimum Gasteiger partial charge on any atom is -0.309 e. The standard InChI is InChI=1S/C66H45N3Si/c1-5-23-46(24-6-1)47-25-21-26-48(45-47)67-58-39-19-15-35-54(58)64-60(67)41-22-42-61(64)69-59-40-20-16-36-55(59)65-62(68-56-37-17-13-33-52(56)53-34-14-18-38-57(53)68)43-44-63(66(65)69)70(49-27-7-2-8-28-49,50-29-9-3-10-30-50)51-31-11-4-12-32-51/h1-45H. The van der Waals surface area contributed by atoms with Crippen LogP contribution in [0.4, 0.5) is 0 Å². The van der Waals surface area contributed by atoms with E-state index in [4.69, 9.17) is 0 Å². The minimum atomic E-state index is -3.15. The third-order valence-electron chi connectivity index (χ3n) is 14.8. The van der Waals surface area contributed by atoms with Gasteiger partial charge in [0.15, 0.2) is 8.07 Å². The zero-order valence-corrected chi connectivity index (χ0v) is 39.3. The van der Waals surface area contributed by atoms with E-state index in [2.05, 4.69) is 287 Å². The van der Waals surface area contributed by atoms with Crippen molar-refractivity contribution in [1.29, 1.82) is 0 Å². The quantitative estimate of drug-likeness (QED) is 0.107. The summed E-state index contributed by atoms with van der Waals surface area (Å²) in [7, 11) is -3.15.